The maximum absolute atomic E-state index is 11.6. The fourth-order valence-electron chi connectivity index (χ4n) is 4.08. The molecule has 2 aromatic heterocycles. The summed E-state index contributed by atoms with van der Waals surface area (Å²) in [6.07, 6.45) is 0.0372. The molecule has 4 N–H and O–H groups in total. The van der Waals surface area contributed by atoms with Gasteiger partial charge in [-0.15, -0.1) is 0 Å². The van der Waals surface area contributed by atoms with Gasteiger partial charge in [0.25, 0.3) is 5.91 Å². The van der Waals surface area contributed by atoms with Crippen molar-refractivity contribution in [3.8, 4) is 11.3 Å². The molecule has 0 spiro atoms. The fourth-order valence-corrected chi connectivity index (χ4v) is 4.34. The number of piperazine rings is 1. The van der Waals surface area contributed by atoms with Crippen molar-refractivity contribution in [2.24, 2.45) is 5.73 Å². The number of nitrogens with one attached hydrogen (secondary N) is 1. The van der Waals surface area contributed by atoms with Gasteiger partial charge in [0.05, 0.1) is 21.9 Å². The standard InChI is InChI=1S/C23H21ClN6O2/c24-17-10-16-18(27-12-28-23(16)30-7-5-26-6-8-30)11-15(17)20-14-4-2-1-3-13(14)9-19(29-20)21(31)22(25)32/h1-4,9-12,21,26,31H,5-8H2,(H2,25,32). The predicted molar refractivity (Wildman–Crippen MR) is 125 cm³/mol. The molecule has 1 atom stereocenters. The van der Waals surface area contributed by atoms with Crippen LogP contribution in [0.3, 0.4) is 0 Å². The van der Waals surface area contributed by atoms with Crippen LogP contribution >= 0.6 is 11.6 Å². The molecule has 2 aromatic carbocycles. The minimum absolute atomic E-state index is 0.173. The molecule has 3 heterocycles. The number of benzene rings is 2. The minimum Gasteiger partial charge on any atom is -0.377 e. The third kappa shape index (κ3) is 3.62. The molecule has 0 saturated carbocycles. The highest BCUT2D eigenvalue weighted by Gasteiger charge is 2.21. The lowest BCUT2D eigenvalue weighted by molar-refractivity contribution is -0.126. The Morgan fingerprint density at radius 3 is 2.69 bits per heavy atom. The number of nitrogens with zero attached hydrogens (tertiary/aromatic N) is 4. The smallest absolute Gasteiger partial charge is 0.252 e. The van der Waals surface area contributed by atoms with Crippen molar-refractivity contribution in [1.29, 1.82) is 0 Å². The van der Waals surface area contributed by atoms with Gasteiger partial charge in [-0.3, -0.25) is 4.79 Å². The van der Waals surface area contributed by atoms with Gasteiger partial charge in [0.2, 0.25) is 0 Å². The largest absolute Gasteiger partial charge is 0.377 e. The van der Waals surface area contributed by atoms with Gasteiger partial charge in [-0.2, -0.15) is 0 Å². The lowest BCUT2D eigenvalue weighted by Gasteiger charge is -2.29. The van der Waals surface area contributed by atoms with Crippen LogP contribution in [-0.2, 0) is 4.79 Å². The molecule has 1 amide bonds. The monoisotopic (exact) mass is 448 g/mol. The van der Waals surface area contributed by atoms with Gasteiger partial charge < -0.3 is 21.1 Å². The Morgan fingerprint density at radius 1 is 1.12 bits per heavy atom. The van der Waals surface area contributed by atoms with E-state index in [-0.39, 0.29) is 5.69 Å². The molecule has 162 valence electrons. The summed E-state index contributed by atoms with van der Waals surface area (Å²) in [7, 11) is 0. The van der Waals surface area contributed by atoms with Crippen molar-refractivity contribution < 1.29 is 9.90 Å². The zero-order chi connectivity index (χ0) is 22.2. The van der Waals surface area contributed by atoms with Crippen LogP contribution in [0.2, 0.25) is 5.02 Å². The van der Waals surface area contributed by atoms with Gasteiger partial charge in [0.15, 0.2) is 6.10 Å². The van der Waals surface area contributed by atoms with Crippen LogP contribution in [0.15, 0.2) is 48.8 Å². The highest BCUT2D eigenvalue weighted by atomic mass is 35.5. The number of primary amides is 1. The zero-order valence-electron chi connectivity index (χ0n) is 17.1. The molecule has 1 unspecified atom stereocenters. The molecular formula is C23H21ClN6O2. The zero-order valence-corrected chi connectivity index (χ0v) is 17.9. The molecule has 4 aromatic rings. The molecule has 1 saturated heterocycles. The van der Waals surface area contributed by atoms with Gasteiger partial charge in [-0.1, -0.05) is 35.9 Å². The van der Waals surface area contributed by atoms with E-state index >= 15 is 0 Å². The molecule has 0 aliphatic carbocycles. The van der Waals surface area contributed by atoms with Crippen LogP contribution in [-0.4, -0.2) is 52.1 Å². The molecule has 0 radical (unpaired) electrons. The third-order valence-corrected chi connectivity index (χ3v) is 6.00. The van der Waals surface area contributed by atoms with Crippen molar-refractivity contribution in [3.63, 3.8) is 0 Å². The van der Waals surface area contributed by atoms with Crippen LogP contribution in [0.25, 0.3) is 32.9 Å². The number of anilines is 1. The number of aromatic nitrogens is 3. The first kappa shape index (κ1) is 20.6. The number of carbonyl (C=O) groups is 1. The first-order valence-electron chi connectivity index (χ1n) is 10.3. The molecule has 5 rings (SSSR count). The van der Waals surface area contributed by atoms with E-state index in [0.29, 0.717) is 16.3 Å². The first-order valence-corrected chi connectivity index (χ1v) is 10.7. The molecule has 1 fully saturated rings. The second-order valence-corrected chi connectivity index (χ2v) is 8.11. The Bertz CT molecular complexity index is 1340. The van der Waals surface area contributed by atoms with E-state index in [1.807, 2.05) is 36.4 Å². The van der Waals surface area contributed by atoms with Crippen LogP contribution < -0.4 is 16.0 Å². The second-order valence-electron chi connectivity index (χ2n) is 7.71. The molecule has 8 nitrogen and oxygen atoms in total. The van der Waals surface area contributed by atoms with E-state index in [1.54, 1.807) is 12.4 Å². The lowest BCUT2D eigenvalue weighted by atomic mass is 10.0. The fraction of sp³-hybridized carbons (Fsp3) is 0.217. The SMILES string of the molecule is NC(=O)C(O)c1cc2ccccc2c(-c2cc3ncnc(N4CCNCC4)c3cc2Cl)n1. The highest BCUT2D eigenvalue weighted by molar-refractivity contribution is 6.34. The number of nitrogens with two attached hydrogens (primary N) is 1. The molecular weight excluding hydrogens is 428 g/mol. The summed E-state index contributed by atoms with van der Waals surface area (Å²) in [5.74, 6) is -0.0163. The van der Waals surface area contributed by atoms with Gasteiger partial charge >= 0.3 is 0 Å². The second kappa shape index (κ2) is 8.31. The first-order chi connectivity index (χ1) is 15.5. The van der Waals surface area contributed by atoms with Crippen LogP contribution in [0.1, 0.15) is 11.8 Å². The summed E-state index contributed by atoms with van der Waals surface area (Å²) in [6.45, 7) is 3.49. The maximum Gasteiger partial charge on any atom is 0.252 e. The van der Waals surface area contributed by atoms with Crippen LogP contribution in [0, 0.1) is 0 Å². The van der Waals surface area contributed by atoms with Crippen molar-refractivity contribution in [1.82, 2.24) is 20.3 Å². The molecule has 32 heavy (non-hydrogen) atoms. The maximum atomic E-state index is 11.6. The van der Waals surface area contributed by atoms with Gasteiger partial charge in [-0.05, 0) is 23.6 Å². The van der Waals surface area contributed by atoms with Gasteiger partial charge in [0.1, 0.15) is 12.1 Å². The Balaban J connectivity index is 1.71. The number of aliphatic hydroxyl groups excluding tert-OH is 1. The summed E-state index contributed by atoms with van der Waals surface area (Å²) in [5.41, 5.74) is 7.42. The van der Waals surface area contributed by atoms with Gasteiger partial charge in [-0.25, -0.2) is 15.0 Å². The summed E-state index contributed by atoms with van der Waals surface area (Å²) >= 11 is 6.76. The Hall–Kier alpha value is -3.33. The third-order valence-electron chi connectivity index (χ3n) is 5.68. The number of halogens is 1. The molecule has 1 aliphatic heterocycles. The average Bonchev–Trinajstić information content (AvgIpc) is 2.82. The highest BCUT2D eigenvalue weighted by Crippen LogP contribution is 2.37. The van der Waals surface area contributed by atoms with Crippen molar-refractivity contribution in [3.05, 3.63) is 59.5 Å². The quantitative estimate of drug-likeness (QED) is 0.439. The summed E-state index contributed by atoms with van der Waals surface area (Å²) in [4.78, 5) is 27.4. The van der Waals surface area contributed by atoms with E-state index < -0.39 is 12.0 Å². The lowest BCUT2D eigenvalue weighted by Crippen LogP contribution is -2.44. The number of fused-ring (bicyclic) bond motifs is 2. The van der Waals surface area contributed by atoms with Crippen molar-refractivity contribution in [2.75, 3.05) is 31.1 Å². The topological polar surface area (TPSA) is 117 Å². The predicted octanol–water partition coefficient (Wildman–Crippen LogP) is 2.43. The number of aliphatic hydroxyl groups is 1. The van der Waals surface area contributed by atoms with E-state index in [1.165, 1.54) is 0 Å². The number of amides is 1. The summed E-state index contributed by atoms with van der Waals surface area (Å²) in [6, 6.07) is 13.0. The van der Waals surface area contributed by atoms with Crippen LogP contribution in [0.4, 0.5) is 5.82 Å². The molecule has 9 heteroatoms. The number of pyridine rings is 1. The minimum atomic E-state index is -1.51. The van der Waals surface area contributed by atoms with Crippen LogP contribution in [0.5, 0.6) is 0 Å². The number of hydrogen-bond acceptors (Lipinski definition) is 7. The van der Waals surface area contributed by atoms with E-state index in [0.717, 1.165) is 53.7 Å². The molecule has 1 aliphatic rings. The summed E-state index contributed by atoms with van der Waals surface area (Å²) < 4.78 is 0. The van der Waals surface area contributed by atoms with Crippen molar-refractivity contribution in [2.45, 2.75) is 6.10 Å². The van der Waals surface area contributed by atoms with Gasteiger partial charge in [0, 0.05) is 42.5 Å². The summed E-state index contributed by atoms with van der Waals surface area (Å²) in [5, 5.41) is 16.6. The van der Waals surface area contributed by atoms with E-state index in [4.69, 9.17) is 17.3 Å². The Labute approximate surface area is 189 Å². The Kier molecular flexibility index (Phi) is 5.34. The Morgan fingerprint density at radius 2 is 1.91 bits per heavy atom. The number of carbonyl (C=O) groups excluding carboxylic acids is 1. The molecule has 0 bridgehead atoms. The number of hydrogen-bond donors (Lipinski definition) is 3. The van der Waals surface area contributed by atoms with Crippen molar-refractivity contribution >= 4 is 45.0 Å². The number of rotatable bonds is 4. The average molecular weight is 449 g/mol. The normalized spacial score (nSPS) is 15.2. The van der Waals surface area contributed by atoms with E-state index in [9.17, 15) is 9.90 Å². The van der Waals surface area contributed by atoms with E-state index in [2.05, 4.69) is 25.2 Å².